The first-order valence-electron chi connectivity index (χ1n) is 7.77. The molecule has 3 unspecified atom stereocenters. The van der Waals surface area contributed by atoms with Crippen LogP contribution < -0.4 is 5.73 Å². The summed E-state index contributed by atoms with van der Waals surface area (Å²) in [5.74, 6) is -0.00203. The van der Waals surface area contributed by atoms with Crippen molar-refractivity contribution in [1.29, 1.82) is 0 Å². The molecule has 1 fully saturated rings. The summed E-state index contributed by atoms with van der Waals surface area (Å²) in [7, 11) is 0. The number of nitrogens with zero attached hydrogens (tertiary/aromatic N) is 1. The van der Waals surface area contributed by atoms with Gasteiger partial charge in [0, 0.05) is 19.2 Å². The molecule has 124 valence electrons. The molecule has 1 saturated heterocycles. The lowest BCUT2D eigenvalue weighted by Gasteiger charge is -2.31. The van der Waals surface area contributed by atoms with Gasteiger partial charge in [-0.25, -0.2) is 0 Å². The molecule has 1 aromatic carbocycles. The van der Waals surface area contributed by atoms with Gasteiger partial charge in [-0.3, -0.25) is 4.79 Å². The third-order valence-corrected chi connectivity index (χ3v) is 4.29. The van der Waals surface area contributed by atoms with Crippen molar-refractivity contribution in [2.45, 2.75) is 38.8 Å². The molecule has 1 aliphatic heterocycles. The highest BCUT2D eigenvalue weighted by atomic mass is 35.5. The number of hydrogen-bond donors (Lipinski definition) is 1. The van der Waals surface area contributed by atoms with Gasteiger partial charge in [0.25, 0.3) is 0 Å². The second-order valence-corrected chi connectivity index (χ2v) is 5.93. The summed E-state index contributed by atoms with van der Waals surface area (Å²) in [6.45, 7) is 5.92. The molecule has 0 spiro atoms. The van der Waals surface area contributed by atoms with Gasteiger partial charge in [-0.2, -0.15) is 0 Å². The van der Waals surface area contributed by atoms with Gasteiger partial charge in [-0.05, 0) is 25.3 Å². The van der Waals surface area contributed by atoms with Crippen molar-refractivity contribution >= 4 is 18.3 Å². The lowest BCUT2D eigenvalue weighted by Crippen LogP contribution is -2.48. The SMILES string of the molecule is CC(N)C(C)C(=O)N(CCc1ccccc1)C1CCOC1.Cl. The molecule has 0 aliphatic carbocycles. The van der Waals surface area contributed by atoms with Crippen molar-refractivity contribution < 1.29 is 9.53 Å². The van der Waals surface area contributed by atoms with E-state index in [4.69, 9.17) is 10.5 Å². The maximum atomic E-state index is 12.7. The van der Waals surface area contributed by atoms with Crippen molar-refractivity contribution in [2.24, 2.45) is 11.7 Å². The van der Waals surface area contributed by atoms with Crippen LogP contribution >= 0.6 is 12.4 Å². The highest BCUT2D eigenvalue weighted by molar-refractivity contribution is 5.85. The molecule has 5 heteroatoms. The zero-order chi connectivity index (χ0) is 15.2. The third kappa shape index (κ3) is 4.97. The smallest absolute Gasteiger partial charge is 0.227 e. The predicted molar refractivity (Wildman–Crippen MR) is 91.1 cm³/mol. The number of benzene rings is 1. The minimum absolute atomic E-state index is 0. The molecular weight excluding hydrogens is 300 g/mol. The van der Waals surface area contributed by atoms with Crippen LogP contribution in [-0.4, -0.2) is 42.6 Å². The van der Waals surface area contributed by atoms with Crippen molar-refractivity contribution in [3.8, 4) is 0 Å². The maximum absolute atomic E-state index is 12.7. The second kappa shape index (κ2) is 9.13. The minimum Gasteiger partial charge on any atom is -0.379 e. The number of hydrogen-bond acceptors (Lipinski definition) is 3. The van der Waals surface area contributed by atoms with Crippen LogP contribution in [-0.2, 0) is 16.0 Å². The topological polar surface area (TPSA) is 55.6 Å². The molecule has 0 radical (unpaired) electrons. The Morgan fingerprint density at radius 3 is 2.59 bits per heavy atom. The summed E-state index contributed by atoms with van der Waals surface area (Å²) in [6, 6.07) is 10.3. The predicted octanol–water partition coefficient (Wildman–Crippen LogP) is 2.25. The largest absolute Gasteiger partial charge is 0.379 e. The first-order valence-corrected chi connectivity index (χ1v) is 7.77. The number of amides is 1. The van der Waals surface area contributed by atoms with Crippen LogP contribution in [0.4, 0.5) is 0 Å². The average molecular weight is 327 g/mol. The van der Waals surface area contributed by atoms with Gasteiger partial charge in [0.2, 0.25) is 5.91 Å². The summed E-state index contributed by atoms with van der Waals surface area (Å²) in [4.78, 5) is 14.7. The van der Waals surface area contributed by atoms with E-state index >= 15 is 0 Å². The lowest BCUT2D eigenvalue weighted by atomic mass is 10.0. The Labute approximate surface area is 139 Å². The molecule has 0 aromatic heterocycles. The molecule has 2 N–H and O–H groups in total. The highest BCUT2D eigenvalue weighted by Gasteiger charge is 2.31. The maximum Gasteiger partial charge on any atom is 0.227 e. The van der Waals surface area contributed by atoms with E-state index in [1.54, 1.807) is 0 Å². The summed E-state index contributed by atoms with van der Waals surface area (Å²) in [5.41, 5.74) is 7.15. The van der Waals surface area contributed by atoms with Crippen LogP contribution in [0.15, 0.2) is 30.3 Å². The number of carbonyl (C=O) groups is 1. The van der Waals surface area contributed by atoms with Gasteiger partial charge in [0.1, 0.15) is 0 Å². The van der Waals surface area contributed by atoms with Gasteiger partial charge in [-0.15, -0.1) is 12.4 Å². The van der Waals surface area contributed by atoms with Crippen molar-refractivity contribution in [2.75, 3.05) is 19.8 Å². The van der Waals surface area contributed by atoms with Gasteiger partial charge in [0.15, 0.2) is 0 Å². The average Bonchev–Trinajstić information content (AvgIpc) is 3.01. The Morgan fingerprint density at radius 1 is 1.36 bits per heavy atom. The van der Waals surface area contributed by atoms with Crippen LogP contribution in [0.3, 0.4) is 0 Å². The first-order chi connectivity index (χ1) is 10.1. The number of nitrogens with two attached hydrogens (primary N) is 1. The Balaban J connectivity index is 0.00000242. The molecule has 4 nitrogen and oxygen atoms in total. The van der Waals surface area contributed by atoms with Gasteiger partial charge < -0.3 is 15.4 Å². The summed E-state index contributed by atoms with van der Waals surface area (Å²) < 4.78 is 5.46. The standard InChI is InChI=1S/C17H26N2O2.ClH/c1-13(14(2)18)17(20)19(16-9-11-21-12-16)10-8-15-6-4-3-5-7-15;/h3-7,13-14,16H,8-12,18H2,1-2H3;1H. The van der Waals surface area contributed by atoms with E-state index < -0.39 is 0 Å². The monoisotopic (exact) mass is 326 g/mol. The van der Waals surface area contributed by atoms with Gasteiger partial charge in [-0.1, -0.05) is 37.3 Å². The van der Waals surface area contributed by atoms with Gasteiger partial charge >= 0.3 is 0 Å². The fourth-order valence-corrected chi connectivity index (χ4v) is 2.62. The lowest BCUT2D eigenvalue weighted by molar-refractivity contribution is -0.137. The summed E-state index contributed by atoms with van der Waals surface area (Å²) >= 11 is 0. The molecule has 1 aliphatic rings. The van der Waals surface area contributed by atoms with Crippen molar-refractivity contribution in [3.05, 3.63) is 35.9 Å². The summed E-state index contributed by atoms with van der Waals surface area (Å²) in [6.07, 6.45) is 1.79. The molecule has 0 bridgehead atoms. The Bertz CT molecular complexity index is 447. The third-order valence-electron chi connectivity index (χ3n) is 4.29. The molecule has 0 saturated carbocycles. The van der Waals surface area contributed by atoms with E-state index in [0.717, 1.165) is 26.0 Å². The molecule has 2 rings (SSSR count). The first kappa shape index (κ1) is 18.9. The molecule has 22 heavy (non-hydrogen) atoms. The van der Waals surface area contributed by atoms with Crippen LogP contribution in [0.2, 0.25) is 0 Å². The van der Waals surface area contributed by atoms with E-state index in [-0.39, 0.29) is 36.3 Å². The van der Waals surface area contributed by atoms with E-state index in [9.17, 15) is 4.79 Å². The highest BCUT2D eigenvalue weighted by Crippen LogP contribution is 2.17. The fourth-order valence-electron chi connectivity index (χ4n) is 2.62. The fraction of sp³-hybridized carbons (Fsp3) is 0.588. The van der Waals surface area contributed by atoms with Crippen molar-refractivity contribution in [3.63, 3.8) is 0 Å². The van der Waals surface area contributed by atoms with Crippen LogP contribution in [0.5, 0.6) is 0 Å². The van der Waals surface area contributed by atoms with Crippen molar-refractivity contribution in [1.82, 2.24) is 4.90 Å². The minimum atomic E-state index is -0.152. The molecular formula is C17H27ClN2O2. The number of ether oxygens (including phenoxy) is 1. The van der Waals surface area contributed by atoms with E-state index in [1.807, 2.05) is 36.9 Å². The van der Waals surface area contributed by atoms with Crippen LogP contribution in [0.25, 0.3) is 0 Å². The van der Waals surface area contributed by atoms with Crippen LogP contribution in [0.1, 0.15) is 25.8 Å². The van der Waals surface area contributed by atoms with Gasteiger partial charge in [0.05, 0.1) is 18.6 Å². The second-order valence-electron chi connectivity index (χ2n) is 5.93. The summed E-state index contributed by atoms with van der Waals surface area (Å²) in [5, 5.41) is 0. The molecule has 3 atom stereocenters. The van der Waals surface area contributed by atoms with E-state index in [1.165, 1.54) is 5.56 Å². The normalized spacial score (nSPS) is 20.0. The quantitative estimate of drug-likeness (QED) is 0.872. The number of halogens is 1. The Kier molecular flexibility index (Phi) is 7.87. The molecule has 1 heterocycles. The zero-order valence-corrected chi connectivity index (χ0v) is 14.2. The Morgan fingerprint density at radius 2 is 2.05 bits per heavy atom. The van der Waals surface area contributed by atoms with Crippen LogP contribution in [0, 0.1) is 5.92 Å². The van der Waals surface area contributed by atoms with E-state index in [2.05, 4.69) is 12.1 Å². The number of carbonyl (C=O) groups excluding carboxylic acids is 1. The van der Waals surface area contributed by atoms with E-state index in [0.29, 0.717) is 6.61 Å². The number of rotatable bonds is 6. The zero-order valence-electron chi connectivity index (χ0n) is 13.4. The Hall–Kier alpha value is -1.10. The molecule has 1 aromatic rings. The molecule has 1 amide bonds.